The summed E-state index contributed by atoms with van der Waals surface area (Å²) >= 11 is 0. The molecule has 0 unspecified atom stereocenters. The van der Waals surface area contributed by atoms with E-state index in [1.54, 1.807) is 6.92 Å². The second kappa shape index (κ2) is 9.10. The second-order valence-electron chi connectivity index (χ2n) is 8.66. The number of carbonyl (C=O) groups excluding carboxylic acids is 1. The Morgan fingerprint density at radius 1 is 0.943 bits per heavy atom. The summed E-state index contributed by atoms with van der Waals surface area (Å²) in [6.07, 6.45) is 1.60. The van der Waals surface area contributed by atoms with Gasteiger partial charge in [0.15, 0.2) is 18.0 Å². The van der Waals surface area contributed by atoms with Crippen LogP contribution in [0.15, 0.2) is 89.7 Å². The monoisotopic (exact) mass is 468 g/mol. The molecule has 3 aromatic carbocycles. The molecule has 0 radical (unpaired) electrons. The number of carboxylic acid groups (broad SMARTS) is 1. The van der Waals surface area contributed by atoms with E-state index in [2.05, 4.69) is 10.3 Å². The molecule has 0 aliphatic heterocycles. The van der Waals surface area contributed by atoms with Gasteiger partial charge in [-0.05, 0) is 42.0 Å². The number of aromatic nitrogens is 1. The zero-order valence-electron chi connectivity index (χ0n) is 19.1. The molecule has 0 spiro atoms. The van der Waals surface area contributed by atoms with Gasteiger partial charge >= 0.3 is 12.1 Å². The molecule has 176 valence electrons. The summed E-state index contributed by atoms with van der Waals surface area (Å²) in [5.41, 5.74) is 3.73. The first-order chi connectivity index (χ1) is 17.0. The van der Waals surface area contributed by atoms with Crippen LogP contribution in [0.5, 0.6) is 0 Å². The topological polar surface area (TPSA) is 102 Å². The Bertz CT molecular complexity index is 1340. The largest absolute Gasteiger partial charge is 0.481 e. The van der Waals surface area contributed by atoms with Crippen LogP contribution in [0.25, 0.3) is 22.5 Å². The molecule has 1 fully saturated rings. The lowest BCUT2D eigenvalue weighted by Gasteiger charge is -2.13. The molecule has 7 heteroatoms. The number of carboxylic acids is 1. The Morgan fingerprint density at radius 3 is 2.14 bits per heavy atom. The average Bonchev–Trinajstić information content (AvgIpc) is 3.58. The van der Waals surface area contributed by atoms with Gasteiger partial charge in [-0.25, -0.2) is 4.79 Å². The predicted octanol–water partition coefficient (Wildman–Crippen LogP) is 6.43. The highest BCUT2D eigenvalue weighted by molar-refractivity contribution is 5.88. The Morgan fingerprint density at radius 2 is 1.54 bits per heavy atom. The maximum absolute atomic E-state index is 12.4. The number of nitrogens with one attached hydrogen (secondary N) is 1. The van der Waals surface area contributed by atoms with Gasteiger partial charge in [0.25, 0.3) is 0 Å². The molecular formula is C28H24N2O5. The lowest BCUT2D eigenvalue weighted by atomic mass is 9.93. The number of ether oxygens (including phenoxy) is 1. The summed E-state index contributed by atoms with van der Waals surface area (Å²) in [5.74, 6) is -0.0615. The number of aliphatic carboxylic acids is 1. The normalized spacial score (nSPS) is 14.7. The Kier molecular flexibility index (Phi) is 5.82. The van der Waals surface area contributed by atoms with Gasteiger partial charge in [-0.3, -0.25) is 10.1 Å². The molecule has 2 N–H and O–H groups in total. The summed E-state index contributed by atoms with van der Waals surface area (Å²) in [6, 6.07) is 24.8. The number of hydrogen-bond donors (Lipinski definition) is 2. The van der Waals surface area contributed by atoms with Crippen LogP contribution < -0.4 is 5.32 Å². The minimum Gasteiger partial charge on any atom is -0.481 e. The SMILES string of the molecule is C[C@@H](OC(=O)Nc1ncoc1-c1ccc(-c2ccc(C3(C(=O)O)CC3)cc2)cc1)c1ccccc1. The fraction of sp³-hybridized carbons (Fsp3) is 0.179. The van der Waals surface area contributed by atoms with Crippen molar-refractivity contribution in [3.8, 4) is 22.5 Å². The lowest BCUT2D eigenvalue weighted by molar-refractivity contribution is -0.140. The number of hydrogen-bond acceptors (Lipinski definition) is 5. The smallest absolute Gasteiger partial charge is 0.413 e. The van der Waals surface area contributed by atoms with Crippen molar-refractivity contribution >= 4 is 17.9 Å². The lowest BCUT2D eigenvalue weighted by Crippen LogP contribution is -2.19. The molecule has 1 amide bonds. The Labute approximate surface area is 202 Å². The minimum absolute atomic E-state index is 0.274. The van der Waals surface area contributed by atoms with Crippen molar-refractivity contribution in [1.82, 2.24) is 4.98 Å². The molecule has 7 nitrogen and oxygen atoms in total. The van der Waals surface area contributed by atoms with Crippen LogP contribution in [0.2, 0.25) is 0 Å². The minimum atomic E-state index is -0.760. The van der Waals surface area contributed by atoms with Crippen molar-refractivity contribution in [3.63, 3.8) is 0 Å². The van der Waals surface area contributed by atoms with Crippen LogP contribution in [0.1, 0.15) is 37.0 Å². The first-order valence-electron chi connectivity index (χ1n) is 11.4. The van der Waals surface area contributed by atoms with Crippen LogP contribution in [0.3, 0.4) is 0 Å². The number of nitrogens with zero attached hydrogens (tertiary/aromatic N) is 1. The number of carbonyl (C=O) groups is 2. The maximum Gasteiger partial charge on any atom is 0.413 e. The fourth-order valence-electron chi connectivity index (χ4n) is 4.17. The van der Waals surface area contributed by atoms with Crippen molar-refractivity contribution in [2.45, 2.75) is 31.3 Å². The number of amides is 1. The van der Waals surface area contributed by atoms with Crippen molar-refractivity contribution in [2.75, 3.05) is 5.32 Å². The van der Waals surface area contributed by atoms with E-state index < -0.39 is 23.6 Å². The second-order valence-corrected chi connectivity index (χ2v) is 8.66. The highest BCUT2D eigenvalue weighted by Gasteiger charge is 2.51. The summed E-state index contributed by atoms with van der Waals surface area (Å²) in [5, 5.41) is 12.1. The summed E-state index contributed by atoms with van der Waals surface area (Å²) in [4.78, 5) is 28.1. The summed E-state index contributed by atoms with van der Waals surface area (Å²) in [7, 11) is 0. The van der Waals surface area contributed by atoms with E-state index in [1.165, 1.54) is 6.39 Å². The number of rotatable bonds is 7. The third-order valence-corrected chi connectivity index (χ3v) is 6.42. The summed E-state index contributed by atoms with van der Waals surface area (Å²) in [6.45, 7) is 1.80. The van der Waals surface area contributed by atoms with Crippen molar-refractivity contribution in [3.05, 3.63) is 96.4 Å². The van der Waals surface area contributed by atoms with E-state index in [4.69, 9.17) is 9.15 Å². The zero-order valence-corrected chi connectivity index (χ0v) is 19.1. The van der Waals surface area contributed by atoms with Crippen LogP contribution in [0.4, 0.5) is 10.6 Å². The average molecular weight is 469 g/mol. The molecule has 1 aliphatic carbocycles. The van der Waals surface area contributed by atoms with E-state index in [1.807, 2.05) is 78.9 Å². The van der Waals surface area contributed by atoms with E-state index >= 15 is 0 Å². The number of anilines is 1. The van der Waals surface area contributed by atoms with E-state index in [0.29, 0.717) is 18.6 Å². The molecule has 5 rings (SSSR count). The van der Waals surface area contributed by atoms with Gasteiger partial charge in [0, 0.05) is 5.56 Å². The molecule has 0 saturated heterocycles. The van der Waals surface area contributed by atoms with Crippen LogP contribution >= 0.6 is 0 Å². The number of benzene rings is 3. The fourth-order valence-corrected chi connectivity index (χ4v) is 4.17. The van der Waals surface area contributed by atoms with E-state index in [9.17, 15) is 14.7 Å². The third kappa shape index (κ3) is 4.53. The molecule has 1 saturated carbocycles. The van der Waals surface area contributed by atoms with Crippen molar-refractivity contribution in [2.24, 2.45) is 0 Å². The van der Waals surface area contributed by atoms with Gasteiger partial charge < -0.3 is 14.3 Å². The highest BCUT2D eigenvalue weighted by Crippen LogP contribution is 2.48. The first-order valence-corrected chi connectivity index (χ1v) is 11.4. The molecule has 1 heterocycles. The van der Waals surface area contributed by atoms with Gasteiger partial charge in [-0.2, -0.15) is 4.98 Å². The Hall–Kier alpha value is -4.39. The van der Waals surface area contributed by atoms with Crippen molar-refractivity contribution in [1.29, 1.82) is 0 Å². The van der Waals surface area contributed by atoms with E-state index in [-0.39, 0.29) is 5.82 Å². The van der Waals surface area contributed by atoms with Crippen LogP contribution in [-0.2, 0) is 14.9 Å². The van der Waals surface area contributed by atoms with Gasteiger partial charge in [-0.1, -0.05) is 78.9 Å². The molecular weight excluding hydrogens is 444 g/mol. The number of oxazole rings is 1. The predicted molar refractivity (Wildman–Crippen MR) is 131 cm³/mol. The quantitative estimate of drug-likeness (QED) is 0.324. The Balaban J connectivity index is 1.27. The highest BCUT2D eigenvalue weighted by atomic mass is 16.6. The van der Waals surface area contributed by atoms with E-state index in [0.717, 1.165) is 27.8 Å². The molecule has 1 atom stereocenters. The molecule has 0 bridgehead atoms. The van der Waals surface area contributed by atoms with Crippen LogP contribution in [0, 0.1) is 0 Å². The summed E-state index contributed by atoms with van der Waals surface area (Å²) < 4.78 is 11.0. The first kappa shape index (κ1) is 22.4. The maximum atomic E-state index is 12.4. The standard InChI is InChI=1S/C28H24N2O5/c1-18(19-5-3-2-4-6-19)35-27(33)30-25-24(34-17-29-25)22-9-7-20(8-10-22)21-11-13-23(14-12-21)28(15-16-28)26(31)32/h2-14,17-18H,15-16H2,1H3,(H,30,33)(H,31,32)/t18-/m1/s1. The van der Waals surface area contributed by atoms with Gasteiger partial charge in [0.1, 0.15) is 6.10 Å². The molecule has 1 aromatic heterocycles. The molecule has 1 aliphatic rings. The van der Waals surface area contributed by atoms with Gasteiger partial charge in [0.05, 0.1) is 5.41 Å². The molecule has 4 aromatic rings. The van der Waals surface area contributed by atoms with Gasteiger partial charge in [0.2, 0.25) is 0 Å². The van der Waals surface area contributed by atoms with Crippen molar-refractivity contribution < 1.29 is 23.8 Å². The van der Waals surface area contributed by atoms with Gasteiger partial charge in [-0.15, -0.1) is 0 Å². The zero-order chi connectivity index (χ0) is 24.4. The molecule has 35 heavy (non-hydrogen) atoms. The third-order valence-electron chi connectivity index (χ3n) is 6.42. The van der Waals surface area contributed by atoms with Crippen LogP contribution in [-0.4, -0.2) is 22.2 Å².